The van der Waals surface area contributed by atoms with E-state index in [1.807, 2.05) is 48.5 Å². The van der Waals surface area contributed by atoms with Gasteiger partial charge in [0.1, 0.15) is 11.8 Å². The number of benzene rings is 4. The van der Waals surface area contributed by atoms with Gasteiger partial charge >= 0.3 is 0 Å². The second kappa shape index (κ2) is 11.7. The Kier molecular flexibility index (Phi) is 8.43. The fourth-order valence-corrected chi connectivity index (χ4v) is 5.06. The van der Waals surface area contributed by atoms with E-state index in [-0.39, 0.29) is 11.3 Å². The lowest BCUT2D eigenvalue weighted by Crippen LogP contribution is -2.45. The van der Waals surface area contributed by atoms with E-state index in [4.69, 9.17) is 16.3 Å². The summed E-state index contributed by atoms with van der Waals surface area (Å²) < 4.78 is 35.4. The standard InChI is InChI=1S/C27H22BrClN2O4S/c28-20-11-14-23(15-12-20)36(33,34)31-25(17-19-7-3-1-4-8-19)27(32)30-24-18-21(29)13-16-26(24)35-22-9-5-2-6-10-22/h1-16,18,25,31H,17H2,(H,30,32)/t25-/m1/s1. The third-order valence-electron chi connectivity index (χ3n) is 5.19. The molecule has 0 bridgehead atoms. The number of carbonyl (C=O) groups is 1. The number of ether oxygens (including phenoxy) is 1. The Labute approximate surface area is 223 Å². The number of rotatable bonds is 9. The SMILES string of the molecule is O=C(Nc1cc(Cl)ccc1Oc1ccccc1)[C@@H](Cc1ccccc1)NS(=O)(=O)c1ccc(Br)cc1. The highest BCUT2D eigenvalue weighted by Crippen LogP contribution is 2.32. The molecule has 0 heterocycles. The summed E-state index contributed by atoms with van der Waals surface area (Å²) in [5.41, 5.74) is 1.11. The molecule has 9 heteroatoms. The molecule has 1 amide bonds. The molecule has 0 unspecified atom stereocenters. The maximum Gasteiger partial charge on any atom is 0.243 e. The molecular weight excluding hydrogens is 564 g/mol. The topological polar surface area (TPSA) is 84.5 Å². The Bertz CT molecular complexity index is 1430. The first-order chi connectivity index (χ1) is 17.3. The van der Waals surface area contributed by atoms with Crippen molar-refractivity contribution in [3.05, 3.63) is 118 Å². The Balaban J connectivity index is 1.62. The molecule has 0 aliphatic heterocycles. The second-order valence-electron chi connectivity index (χ2n) is 7.86. The number of hydrogen-bond acceptors (Lipinski definition) is 4. The lowest BCUT2D eigenvalue weighted by Gasteiger charge is -2.20. The van der Waals surface area contributed by atoms with Gasteiger partial charge < -0.3 is 10.1 Å². The van der Waals surface area contributed by atoms with E-state index in [0.717, 1.165) is 10.0 Å². The zero-order chi connectivity index (χ0) is 25.5. The summed E-state index contributed by atoms with van der Waals surface area (Å²) in [4.78, 5) is 13.5. The summed E-state index contributed by atoms with van der Waals surface area (Å²) in [7, 11) is -3.99. The maximum absolute atomic E-state index is 13.5. The van der Waals surface area contributed by atoms with Gasteiger partial charge in [-0.2, -0.15) is 4.72 Å². The van der Waals surface area contributed by atoms with E-state index in [1.54, 1.807) is 42.5 Å². The van der Waals surface area contributed by atoms with Gasteiger partial charge in [0.2, 0.25) is 15.9 Å². The molecule has 0 aliphatic rings. The monoisotopic (exact) mass is 584 g/mol. The van der Waals surface area contributed by atoms with Crippen molar-refractivity contribution in [3.8, 4) is 11.5 Å². The Morgan fingerprint density at radius 2 is 1.53 bits per heavy atom. The van der Waals surface area contributed by atoms with Crippen LogP contribution in [0.2, 0.25) is 5.02 Å². The van der Waals surface area contributed by atoms with Crippen molar-refractivity contribution < 1.29 is 17.9 Å². The largest absolute Gasteiger partial charge is 0.455 e. The average Bonchev–Trinajstić information content (AvgIpc) is 2.87. The lowest BCUT2D eigenvalue weighted by atomic mass is 10.1. The predicted octanol–water partition coefficient (Wildman–Crippen LogP) is 6.42. The zero-order valence-corrected chi connectivity index (χ0v) is 22.1. The molecule has 0 fully saturated rings. The lowest BCUT2D eigenvalue weighted by molar-refractivity contribution is -0.117. The summed E-state index contributed by atoms with van der Waals surface area (Å²) in [6.45, 7) is 0. The minimum absolute atomic E-state index is 0.0485. The number of halogens is 2. The summed E-state index contributed by atoms with van der Waals surface area (Å²) in [6, 6.07) is 28.2. The van der Waals surface area contributed by atoms with E-state index in [1.165, 1.54) is 12.1 Å². The van der Waals surface area contributed by atoms with Crippen LogP contribution >= 0.6 is 27.5 Å². The summed E-state index contributed by atoms with van der Waals surface area (Å²) in [5, 5.41) is 3.18. The molecule has 0 saturated carbocycles. The number of amides is 1. The van der Waals surface area contributed by atoms with Crippen LogP contribution in [0.4, 0.5) is 5.69 Å². The Hall–Kier alpha value is -3.17. The molecule has 4 aromatic rings. The van der Waals surface area contributed by atoms with Gasteiger partial charge in [-0.05, 0) is 66.6 Å². The molecule has 0 aliphatic carbocycles. The van der Waals surface area contributed by atoms with Gasteiger partial charge in [-0.3, -0.25) is 4.79 Å². The number of carbonyl (C=O) groups excluding carboxylic acids is 1. The fourth-order valence-electron chi connectivity index (χ4n) is 3.43. The van der Waals surface area contributed by atoms with Gasteiger partial charge in [-0.1, -0.05) is 76.1 Å². The number of anilines is 1. The first kappa shape index (κ1) is 25.9. The molecule has 4 rings (SSSR count). The number of nitrogens with one attached hydrogen (secondary N) is 2. The molecule has 0 spiro atoms. The third kappa shape index (κ3) is 6.95. The molecule has 1 atom stereocenters. The highest BCUT2D eigenvalue weighted by Gasteiger charge is 2.27. The Morgan fingerprint density at radius 3 is 2.19 bits per heavy atom. The van der Waals surface area contributed by atoms with E-state index in [9.17, 15) is 13.2 Å². The molecule has 184 valence electrons. The average molecular weight is 586 g/mol. The van der Waals surface area contributed by atoms with Crippen LogP contribution in [0.1, 0.15) is 5.56 Å². The van der Waals surface area contributed by atoms with Crippen LogP contribution in [0.15, 0.2) is 112 Å². The van der Waals surface area contributed by atoms with Crippen LogP contribution in [-0.4, -0.2) is 20.4 Å². The van der Waals surface area contributed by atoms with E-state index in [2.05, 4.69) is 26.0 Å². The molecule has 36 heavy (non-hydrogen) atoms. The van der Waals surface area contributed by atoms with Crippen LogP contribution in [0.5, 0.6) is 11.5 Å². The van der Waals surface area contributed by atoms with E-state index in [0.29, 0.717) is 22.2 Å². The maximum atomic E-state index is 13.5. The molecule has 0 radical (unpaired) electrons. The predicted molar refractivity (Wildman–Crippen MR) is 145 cm³/mol. The van der Waals surface area contributed by atoms with Crippen molar-refractivity contribution in [1.29, 1.82) is 0 Å². The summed E-state index contributed by atoms with van der Waals surface area (Å²) >= 11 is 9.49. The van der Waals surface area contributed by atoms with Gasteiger partial charge in [0, 0.05) is 9.50 Å². The number of hydrogen-bond donors (Lipinski definition) is 2. The van der Waals surface area contributed by atoms with Crippen molar-refractivity contribution in [3.63, 3.8) is 0 Å². The molecule has 4 aromatic carbocycles. The Morgan fingerprint density at radius 1 is 0.889 bits per heavy atom. The molecule has 0 saturated heterocycles. The van der Waals surface area contributed by atoms with Gasteiger partial charge in [0.15, 0.2) is 5.75 Å². The van der Waals surface area contributed by atoms with Crippen molar-refractivity contribution in [1.82, 2.24) is 4.72 Å². The summed E-state index contributed by atoms with van der Waals surface area (Å²) in [5.74, 6) is 0.389. The fraction of sp³-hybridized carbons (Fsp3) is 0.0741. The van der Waals surface area contributed by atoms with Gasteiger partial charge in [-0.25, -0.2) is 8.42 Å². The van der Waals surface area contributed by atoms with Crippen molar-refractivity contribution in [2.75, 3.05) is 5.32 Å². The third-order valence-corrected chi connectivity index (χ3v) is 7.44. The van der Waals surface area contributed by atoms with Gasteiger partial charge in [0.25, 0.3) is 0 Å². The van der Waals surface area contributed by atoms with Crippen molar-refractivity contribution in [2.24, 2.45) is 0 Å². The highest BCUT2D eigenvalue weighted by molar-refractivity contribution is 9.10. The zero-order valence-electron chi connectivity index (χ0n) is 18.9. The number of sulfonamides is 1. The van der Waals surface area contributed by atoms with Crippen molar-refractivity contribution in [2.45, 2.75) is 17.4 Å². The van der Waals surface area contributed by atoms with Crippen LogP contribution in [-0.2, 0) is 21.2 Å². The van der Waals surface area contributed by atoms with Gasteiger partial charge in [0.05, 0.1) is 10.6 Å². The first-order valence-electron chi connectivity index (χ1n) is 11.0. The minimum Gasteiger partial charge on any atom is -0.455 e. The normalized spacial score (nSPS) is 12.1. The first-order valence-corrected chi connectivity index (χ1v) is 13.6. The van der Waals surface area contributed by atoms with E-state index >= 15 is 0 Å². The van der Waals surface area contributed by atoms with E-state index < -0.39 is 22.0 Å². The van der Waals surface area contributed by atoms with Crippen molar-refractivity contribution >= 4 is 49.1 Å². The quantitative estimate of drug-likeness (QED) is 0.237. The molecule has 6 nitrogen and oxygen atoms in total. The second-order valence-corrected chi connectivity index (χ2v) is 10.9. The van der Waals surface area contributed by atoms with Crippen LogP contribution < -0.4 is 14.8 Å². The van der Waals surface area contributed by atoms with Crippen LogP contribution in [0.3, 0.4) is 0 Å². The minimum atomic E-state index is -3.99. The number of para-hydroxylation sites is 1. The molecule has 0 aromatic heterocycles. The van der Waals surface area contributed by atoms with Crippen LogP contribution in [0, 0.1) is 0 Å². The molecule has 2 N–H and O–H groups in total. The van der Waals surface area contributed by atoms with Crippen LogP contribution in [0.25, 0.3) is 0 Å². The van der Waals surface area contributed by atoms with Gasteiger partial charge in [-0.15, -0.1) is 0 Å². The molecular formula is C27H22BrClN2O4S. The smallest absolute Gasteiger partial charge is 0.243 e. The summed E-state index contributed by atoms with van der Waals surface area (Å²) in [6.07, 6.45) is 0.137. The highest BCUT2D eigenvalue weighted by atomic mass is 79.9.